The Hall–Kier alpha value is -0.940. The number of aliphatic hydroxyl groups is 1. The zero-order valence-corrected chi connectivity index (χ0v) is 9.13. The van der Waals surface area contributed by atoms with Crippen molar-refractivity contribution in [3.05, 3.63) is 12.2 Å². The number of β-amino-alcohol motifs (C(OH)–C–C–N with tert-alkyl or cyclic N) is 1. The lowest BCUT2D eigenvalue weighted by Crippen LogP contribution is -2.38. The van der Waals surface area contributed by atoms with Crippen molar-refractivity contribution in [3.8, 4) is 0 Å². The van der Waals surface area contributed by atoms with E-state index in [9.17, 15) is 5.11 Å². The van der Waals surface area contributed by atoms with Crippen LogP contribution in [0.3, 0.4) is 0 Å². The summed E-state index contributed by atoms with van der Waals surface area (Å²) in [5.41, 5.74) is 0. The van der Waals surface area contributed by atoms with Crippen molar-refractivity contribution < 1.29 is 5.11 Å². The van der Waals surface area contributed by atoms with Crippen LogP contribution in [0.1, 0.15) is 25.6 Å². The highest BCUT2D eigenvalue weighted by molar-refractivity contribution is 4.90. The summed E-state index contributed by atoms with van der Waals surface area (Å²) in [4.78, 5) is 2.24. The Morgan fingerprint density at radius 2 is 2.40 bits per heavy atom. The summed E-state index contributed by atoms with van der Waals surface area (Å²) in [6.07, 6.45) is 3.48. The molecule has 0 aromatic carbocycles. The van der Waals surface area contributed by atoms with Gasteiger partial charge < -0.3 is 9.67 Å². The van der Waals surface area contributed by atoms with E-state index in [1.54, 1.807) is 6.33 Å². The van der Waals surface area contributed by atoms with Gasteiger partial charge in [-0.3, -0.25) is 4.90 Å². The van der Waals surface area contributed by atoms with Crippen molar-refractivity contribution in [2.24, 2.45) is 0 Å². The highest BCUT2D eigenvalue weighted by Crippen LogP contribution is 2.10. The molecule has 1 aliphatic rings. The van der Waals surface area contributed by atoms with Gasteiger partial charge in [-0.05, 0) is 6.42 Å². The summed E-state index contributed by atoms with van der Waals surface area (Å²) in [5.74, 6) is 1.00. The van der Waals surface area contributed by atoms with Crippen LogP contribution in [-0.2, 0) is 13.1 Å². The van der Waals surface area contributed by atoms with Crippen LogP contribution in [-0.4, -0.2) is 44.0 Å². The van der Waals surface area contributed by atoms with Crippen molar-refractivity contribution in [3.63, 3.8) is 0 Å². The average Bonchev–Trinajstić information content (AvgIpc) is 2.65. The summed E-state index contributed by atoms with van der Waals surface area (Å²) in [6.45, 7) is 5.56. The van der Waals surface area contributed by atoms with Crippen LogP contribution in [0.25, 0.3) is 0 Å². The first-order valence-electron chi connectivity index (χ1n) is 5.56. The number of rotatable bonds is 4. The first kappa shape index (κ1) is 10.6. The lowest BCUT2D eigenvalue weighted by molar-refractivity contribution is 0.0895. The summed E-state index contributed by atoms with van der Waals surface area (Å²) in [6, 6.07) is 0. The van der Waals surface area contributed by atoms with Crippen molar-refractivity contribution in [1.29, 1.82) is 0 Å². The third kappa shape index (κ3) is 2.54. The second-order valence-electron chi connectivity index (χ2n) is 4.12. The standard InChI is InChI=1S/C10H18N4O/c1-2-3-9(15)6-13-4-5-14-8-11-12-10(14)7-13/h8-9,15H,2-7H2,1H3. The minimum absolute atomic E-state index is 0.204. The number of fused-ring (bicyclic) bond motifs is 1. The maximum atomic E-state index is 9.72. The monoisotopic (exact) mass is 210 g/mol. The molecule has 2 heterocycles. The van der Waals surface area contributed by atoms with Crippen LogP contribution >= 0.6 is 0 Å². The van der Waals surface area contributed by atoms with Gasteiger partial charge in [0, 0.05) is 19.6 Å². The normalized spacial score (nSPS) is 18.8. The van der Waals surface area contributed by atoms with Gasteiger partial charge in [0.25, 0.3) is 0 Å². The molecule has 1 atom stereocenters. The van der Waals surface area contributed by atoms with E-state index in [0.29, 0.717) is 0 Å². The number of aromatic nitrogens is 3. The lowest BCUT2D eigenvalue weighted by atomic mass is 10.2. The summed E-state index contributed by atoms with van der Waals surface area (Å²) < 4.78 is 2.07. The molecule has 5 heteroatoms. The molecule has 1 unspecified atom stereocenters. The summed E-state index contributed by atoms with van der Waals surface area (Å²) >= 11 is 0. The van der Waals surface area contributed by atoms with Crippen LogP contribution in [0.5, 0.6) is 0 Å². The second-order valence-corrected chi connectivity index (χ2v) is 4.12. The highest BCUT2D eigenvalue weighted by Gasteiger charge is 2.19. The molecule has 0 spiro atoms. The van der Waals surface area contributed by atoms with E-state index < -0.39 is 0 Å². The van der Waals surface area contributed by atoms with Gasteiger partial charge in [-0.15, -0.1) is 10.2 Å². The van der Waals surface area contributed by atoms with Gasteiger partial charge in [0.15, 0.2) is 0 Å². The summed E-state index contributed by atoms with van der Waals surface area (Å²) in [7, 11) is 0. The van der Waals surface area contributed by atoms with Crippen molar-refractivity contribution in [1.82, 2.24) is 19.7 Å². The molecule has 84 valence electrons. The Morgan fingerprint density at radius 3 is 3.20 bits per heavy atom. The van der Waals surface area contributed by atoms with Gasteiger partial charge in [-0.1, -0.05) is 13.3 Å². The van der Waals surface area contributed by atoms with Crippen molar-refractivity contribution in [2.75, 3.05) is 13.1 Å². The Kier molecular flexibility index (Phi) is 3.33. The molecule has 2 rings (SSSR count). The van der Waals surface area contributed by atoms with Crippen molar-refractivity contribution >= 4 is 0 Å². The van der Waals surface area contributed by atoms with Crippen LogP contribution < -0.4 is 0 Å². The third-order valence-electron chi connectivity index (χ3n) is 2.81. The quantitative estimate of drug-likeness (QED) is 0.774. The molecule has 0 saturated carbocycles. The van der Waals surface area contributed by atoms with E-state index in [4.69, 9.17) is 0 Å². The molecule has 0 radical (unpaired) electrons. The van der Waals surface area contributed by atoms with Gasteiger partial charge in [0.05, 0.1) is 12.6 Å². The predicted molar refractivity (Wildman–Crippen MR) is 56.2 cm³/mol. The number of hydrogen-bond acceptors (Lipinski definition) is 4. The Bertz CT molecular complexity index is 312. The third-order valence-corrected chi connectivity index (χ3v) is 2.81. The average molecular weight is 210 g/mol. The fraction of sp³-hybridized carbons (Fsp3) is 0.800. The molecule has 0 amide bonds. The molecule has 0 saturated heterocycles. The summed E-state index contributed by atoms with van der Waals surface area (Å²) in [5, 5.41) is 17.6. The van der Waals surface area contributed by atoms with E-state index in [1.165, 1.54) is 0 Å². The molecule has 0 aliphatic carbocycles. The molecule has 1 aliphatic heterocycles. The minimum atomic E-state index is -0.204. The molecule has 0 fully saturated rings. The second kappa shape index (κ2) is 4.72. The van der Waals surface area contributed by atoms with E-state index in [-0.39, 0.29) is 6.10 Å². The van der Waals surface area contributed by atoms with E-state index in [2.05, 4.69) is 26.6 Å². The number of hydrogen-bond donors (Lipinski definition) is 1. The predicted octanol–water partition coefficient (Wildman–Crippen LogP) is 0.255. The maximum absolute atomic E-state index is 9.72. The van der Waals surface area contributed by atoms with Crippen LogP contribution in [0.15, 0.2) is 6.33 Å². The van der Waals surface area contributed by atoms with E-state index >= 15 is 0 Å². The van der Waals surface area contributed by atoms with E-state index in [0.717, 1.165) is 44.8 Å². The lowest BCUT2D eigenvalue weighted by Gasteiger charge is -2.28. The van der Waals surface area contributed by atoms with Gasteiger partial charge in [0.1, 0.15) is 12.2 Å². The SMILES string of the molecule is CCCC(O)CN1CCn2cnnc2C1. The Morgan fingerprint density at radius 1 is 1.53 bits per heavy atom. The Labute approximate surface area is 89.7 Å². The highest BCUT2D eigenvalue weighted by atomic mass is 16.3. The zero-order valence-electron chi connectivity index (χ0n) is 9.13. The molecule has 5 nitrogen and oxygen atoms in total. The number of nitrogens with zero attached hydrogens (tertiary/aromatic N) is 4. The number of aliphatic hydroxyl groups excluding tert-OH is 1. The molecule has 1 aromatic rings. The van der Waals surface area contributed by atoms with Gasteiger partial charge in [-0.2, -0.15) is 0 Å². The smallest absolute Gasteiger partial charge is 0.147 e. The zero-order chi connectivity index (χ0) is 10.7. The Balaban J connectivity index is 1.87. The largest absolute Gasteiger partial charge is 0.392 e. The fourth-order valence-electron chi connectivity index (χ4n) is 1.99. The maximum Gasteiger partial charge on any atom is 0.147 e. The van der Waals surface area contributed by atoms with Crippen LogP contribution in [0, 0.1) is 0 Å². The van der Waals surface area contributed by atoms with Crippen molar-refractivity contribution in [2.45, 2.75) is 39.0 Å². The molecular formula is C10H18N4O. The first-order valence-corrected chi connectivity index (χ1v) is 5.56. The molecule has 15 heavy (non-hydrogen) atoms. The fourth-order valence-corrected chi connectivity index (χ4v) is 1.99. The van der Waals surface area contributed by atoms with Gasteiger partial charge >= 0.3 is 0 Å². The topological polar surface area (TPSA) is 54.2 Å². The first-order chi connectivity index (χ1) is 7.29. The molecule has 1 N–H and O–H groups in total. The molecule has 1 aromatic heterocycles. The molecule has 0 bridgehead atoms. The minimum Gasteiger partial charge on any atom is -0.392 e. The van der Waals surface area contributed by atoms with Gasteiger partial charge in [0.2, 0.25) is 0 Å². The van der Waals surface area contributed by atoms with E-state index in [1.807, 2.05) is 0 Å². The van der Waals surface area contributed by atoms with Crippen LogP contribution in [0.4, 0.5) is 0 Å². The van der Waals surface area contributed by atoms with Crippen LogP contribution in [0.2, 0.25) is 0 Å². The molecular weight excluding hydrogens is 192 g/mol. The van der Waals surface area contributed by atoms with Gasteiger partial charge in [-0.25, -0.2) is 0 Å².